The van der Waals surface area contributed by atoms with E-state index in [9.17, 15) is 0 Å². The average molecular weight is 261 g/mol. The van der Waals surface area contributed by atoms with Gasteiger partial charge in [-0.2, -0.15) is 0 Å². The molecule has 0 bridgehead atoms. The number of rotatable bonds is 1. The predicted molar refractivity (Wildman–Crippen MR) is 62.9 cm³/mol. The molecule has 82 valence electrons. The van der Waals surface area contributed by atoms with Crippen molar-refractivity contribution in [2.24, 2.45) is 5.41 Å². The molecule has 1 saturated heterocycles. The van der Waals surface area contributed by atoms with Crippen molar-refractivity contribution in [1.29, 1.82) is 0 Å². The lowest BCUT2D eigenvalue weighted by Gasteiger charge is -2.39. The molecule has 2 atom stereocenters. The van der Waals surface area contributed by atoms with Crippen LogP contribution in [0.1, 0.15) is 52.9 Å². The van der Waals surface area contributed by atoms with Crippen LogP contribution in [0.15, 0.2) is 0 Å². The molecule has 1 heterocycles. The highest BCUT2D eigenvalue weighted by Crippen LogP contribution is 2.57. The molecule has 14 heavy (non-hydrogen) atoms. The zero-order valence-corrected chi connectivity index (χ0v) is 11.1. The highest BCUT2D eigenvalue weighted by Gasteiger charge is 2.56. The smallest absolute Gasteiger partial charge is 0.0759 e. The first kappa shape index (κ1) is 10.9. The van der Waals surface area contributed by atoms with Crippen molar-refractivity contribution in [3.8, 4) is 0 Å². The van der Waals surface area contributed by atoms with Crippen molar-refractivity contribution in [2.45, 2.75) is 64.1 Å². The Morgan fingerprint density at radius 1 is 1.07 bits per heavy atom. The second-order valence-electron chi connectivity index (χ2n) is 5.92. The van der Waals surface area contributed by atoms with Gasteiger partial charge in [-0.15, -0.1) is 0 Å². The quantitative estimate of drug-likeness (QED) is 0.650. The number of ether oxygens (including phenoxy) is 1. The Labute approximate surface area is 95.7 Å². The first-order valence-corrected chi connectivity index (χ1v) is 6.81. The Balaban J connectivity index is 2.20. The van der Waals surface area contributed by atoms with Crippen LogP contribution in [-0.2, 0) is 4.74 Å². The second-order valence-corrected chi connectivity index (χ2v) is 6.48. The van der Waals surface area contributed by atoms with Gasteiger partial charge in [0.1, 0.15) is 0 Å². The third-order valence-electron chi connectivity index (χ3n) is 4.40. The molecular weight excluding hydrogens is 240 g/mol. The molecule has 2 unspecified atom stereocenters. The third kappa shape index (κ3) is 1.46. The molecule has 2 fully saturated rings. The number of alkyl halides is 1. The molecule has 0 aromatic heterocycles. The van der Waals surface area contributed by atoms with E-state index in [1.165, 1.54) is 32.1 Å². The molecule has 2 aliphatic rings. The van der Waals surface area contributed by atoms with Gasteiger partial charge < -0.3 is 4.74 Å². The van der Waals surface area contributed by atoms with Gasteiger partial charge in [0.25, 0.3) is 0 Å². The Kier molecular flexibility index (Phi) is 2.51. The van der Waals surface area contributed by atoms with Crippen LogP contribution in [0.25, 0.3) is 0 Å². The largest absolute Gasteiger partial charge is 0.367 e. The summed E-state index contributed by atoms with van der Waals surface area (Å²) in [5, 5.41) is 0.970. The Bertz CT molecular complexity index is 238. The van der Waals surface area contributed by atoms with Gasteiger partial charge in [-0.3, -0.25) is 0 Å². The second kappa shape index (κ2) is 3.21. The Morgan fingerprint density at radius 2 is 1.79 bits per heavy atom. The van der Waals surface area contributed by atoms with E-state index in [1.807, 2.05) is 0 Å². The summed E-state index contributed by atoms with van der Waals surface area (Å²) in [6.07, 6.45) is 6.39. The summed E-state index contributed by atoms with van der Waals surface area (Å²) in [4.78, 5) is 0. The van der Waals surface area contributed by atoms with Gasteiger partial charge in [0.05, 0.1) is 11.2 Å². The maximum absolute atomic E-state index is 6.41. The highest BCUT2D eigenvalue weighted by atomic mass is 79.9. The van der Waals surface area contributed by atoms with E-state index in [2.05, 4.69) is 36.7 Å². The van der Waals surface area contributed by atoms with Crippen LogP contribution in [-0.4, -0.2) is 16.5 Å². The van der Waals surface area contributed by atoms with Gasteiger partial charge in [-0.1, -0.05) is 29.8 Å². The molecule has 2 heteroatoms. The van der Waals surface area contributed by atoms with Crippen LogP contribution in [0.3, 0.4) is 0 Å². The van der Waals surface area contributed by atoms with Crippen LogP contribution < -0.4 is 0 Å². The average Bonchev–Trinajstić information content (AvgIpc) is 2.58. The molecule has 0 amide bonds. The standard InChI is InChI=1S/C12H21BrO/c1-10(2)5-4-6-12(10)8-7-11(3,9-13)14-12/h4-9H2,1-3H3. The molecule has 1 aliphatic heterocycles. The molecule has 0 aromatic rings. The lowest BCUT2D eigenvalue weighted by atomic mass is 9.76. The van der Waals surface area contributed by atoms with Crippen molar-refractivity contribution in [3.05, 3.63) is 0 Å². The fourth-order valence-corrected chi connectivity index (χ4v) is 3.56. The molecule has 0 radical (unpaired) electrons. The first-order chi connectivity index (χ1) is 6.43. The summed E-state index contributed by atoms with van der Waals surface area (Å²) in [6.45, 7) is 6.99. The normalized spacial score (nSPS) is 46.3. The monoisotopic (exact) mass is 260 g/mol. The number of halogens is 1. The van der Waals surface area contributed by atoms with Crippen LogP contribution >= 0.6 is 15.9 Å². The van der Waals surface area contributed by atoms with Crippen molar-refractivity contribution in [2.75, 3.05) is 5.33 Å². The topological polar surface area (TPSA) is 9.23 Å². The Hall–Kier alpha value is 0.440. The zero-order chi connectivity index (χ0) is 10.4. The van der Waals surface area contributed by atoms with Crippen molar-refractivity contribution < 1.29 is 4.74 Å². The molecular formula is C12H21BrO. The number of hydrogen-bond donors (Lipinski definition) is 0. The third-order valence-corrected chi connectivity index (χ3v) is 5.58. The van der Waals surface area contributed by atoms with Gasteiger partial charge in [-0.05, 0) is 44.4 Å². The van der Waals surface area contributed by atoms with Gasteiger partial charge in [-0.25, -0.2) is 0 Å². The molecule has 1 nitrogen and oxygen atoms in total. The highest BCUT2D eigenvalue weighted by molar-refractivity contribution is 9.09. The van der Waals surface area contributed by atoms with Gasteiger partial charge >= 0.3 is 0 Å². The minimum atomic E-state index is 0.0849. The first-order valence-electron chi connectivity index (χ1n) is 5.69. The van der Waals surface area contributed by atoms with E-state index in [0.29, 0.717) is 5.41 Å². The van der Waals surface area contributed by atoms with E-state index >= 15 is 0 Å². The van der Waals surface area contributed by atoms with Gasteiger partial charge in [0.15, 0.2) is 0 Å². The maximum atomic E-state index is 6.41. The predicted octanol–water partition coefficient (Wildman–Crippen LogP) is 3.90. The van der Waals surface area contributed by atoms with Crippen molar-refractivity contribution in [1.82, 2.24) is 0 Å². The lowest BCUT2D eigenvalue weighted by Crippen LogP contribution is -2.42. The molecule has 0 aromatic carbocycles. The summed E-state index contributed by atoms with van der Waals surface area (Å²) < 4.78 is 6.41. The van der Waals surface area contributed by atoms with Crippen molar-refractivity contribution >= 4 is 15.9 Å². The zero-order valence-electron chi connectivity index (χ0n) is 9.53. The SMILES string of the molecule is CC1(CBr)CCC2(CCCC2(C)C)O1. The van der Waals surface area contributed by atoms with Crippen LogP contribution in [0.2, 0.25) is 0 Å². The fraction of sp³-hybridized carbons (Fsp3) is 1.00. The molecule has 1 saturated carbocycles. The summed E-state index contributed by atoms with van der Waals surface area (Å²) in [6, 6.07) is 0. The van der Waals surface area contributed by atoms with Gasteiger partial charge in [0.2, 0.25) is 0 Å². The van der Waals surface area contributed by atoms with E-state index in [1.54, 1.807) is 0 Å². The van der Waals surface area contributed by atoms with Crippen LogP contribution in [0.4, 0.5) is 0 Å². The molecule has 1 aliphatic carbocycles. The summed E-state index contributed by atoms with van der Waals surface area (Å²) in [5.41, 5.74) is 0.657. The van der Waals surface area contributed by atoms with E-state index in [4.69, 9.17) is 4.74 Å². The lowest BCUT2D eigenvalue weighted by molar-refractivity contribution is -0.128. The van der Waals surface area contributed by atoms with Gasteiger partial charge in [0, 0.05) is 5.33 Å². The minimum Gasteiger partial charge on any atom is -0.367 e. The van der Waals surface area contributed by atoms with E-state index < -0.39 is 0 Å². The van der Waals surface area contributed by atoms with E-state index in [0.717, 1.165) is 5.33 Å². The summed E-state index contributed by atoms with van der Waals surface area (Å²) >= 11 is 3.58. The minimum absolute atomic E-state index is 0.0849. The summed E-state index contributed by atoms with van der Waals surface area (Å²) in [5.74, 6) is 0. The van der Waals surface area contributed by atoms with E-state index in [-0.39, 0.29) is 11.2 Å². The molecule has 0 N–H and O–H groups in total. The number of hydrogen-bond acceptors (Lipinski definition) is 1. The fourth-order valence-electron chi connectivity index (χ4n) is 3.17. The molecule has 1 spiro atoms. The van der Waals surface area contributed by atoms with Crippen LogP contribution in [0.5, 0.6) is 0 Å². The molecule has 2 rings (SSSR count). The Morgan fingerprint density at radius 3 is 2.21 bits per heavy atom. The summed E-state index contributed by atoms with van der Waals surface area (Å²) in [7, 11) is 0. The van der Waals surface area contributed by atoms with Crippen LogP contribution in [0, 0.1) is 5.41 Å². The van der Waals surface area contributed by atoms with Crippen molar-refractivity contribution in [3.63, 3.8) is 0 Å². The maximum Gasteiger partial charge on any atom is 0.0759 e.